The third kappa shape index (κ3) is 3.41. The summed E-state index contributed by atoms with van der Waals surface area (Å²) in [6.07, 6.45) is 1.68. The number of nitrogens with two attached hydrogens (primary N) is 1. The van der Waals surface area contributed by atoms with Crippen LogP contribution in [0.3, 0.4) is 0 Å². The monoisotopic (exact) mass is 351 g/mol. The minimum Gasteiger partial charge on any atom is -0.469 e. The Morgan fingerprint density at radius 2 is 2.08 bits per heavy atom. The molecule has 1 aliphatic heterocycles. The van der Waals surface area contributed by atoms with Crippen LogP contribution in [0.4, 0.5) is 0 Å². The van der Waals surface area contributed by atoms with E-state index in [1.165, 1.54) is 16.4 Å². The van der Waals surface area contributed by atoms with Gasteiger partial charge in [-0.15, -0.1) is 10.2 Å². The fraction of sp³-hybridized carbons (Fsp3) is 0.533. The molecule has 2 unspecified atom stereocenters. The summed E-state index contributed by atoms with van der Waals surface area (Å²) in [4.78, 5) is 14.2. The summed E-state index contributed by atoms with van der Waals surface area (Å²) in [5.74, 6) is 7.61. The number of hydrogen-bond acceptors (Lipinski definition) is 7. The molecule has 8 nitrogen and oxygen atoms in total. The highest BCUT2D eigenvalue weighted by atomic mass is 32.2. The zero-order valence-corrected chi connectivity index (χ0v) is 14.7. The van der Waals surface area contributed by atoms with Gasteiger partial charge in [0.05, 0.1) is 29.8 Å². The molecular weight excluding hydrogens is 330 g/mol. The van der Waals surface area contributed by atoms with Crippen LogP contribution in [0.1, 0.15) is 19.6 Å². The first-order valence-electron chi connectivity index (χ1n) is 7.76. The lowest BCUT2D eigenvalue weighted by molar-refractivity contribution is -0.140. The first kappa shape index (κ1) is 16.8. The molecule has 1 amide bonds. The number of ether oxygens (including phenoxy) is 1. The molecule has 2 aromatic heterocycles. The van der Waals surface area contributed by atoms with Crippen LogP contribution in [0.25, 0.3) is 11.4 Å². The smallest absolute Gasteiger partial charge is 0.233 e. The Hall–Kier alpha value is -2.00. The predicted molar refractivity (Wildman–Crippen MR) is 89.9 cm³/mol. The van der Waals surface area contributed by atoms with Gasteiger partial charge in [-0.3, -0.25) is 4.79 Å². The van der Waals surface area contributed by atoms with Crippen LogP contribution in [0.5, 0.6) is 0 Å². The summed E-state index contributed by atoms with van der Waals surface area (Å²) in [6, 6.07) is 1.79. The van der Waals surface area contributed by atoms with Crippen LogP contribution in [-0.2, 0) is 9.53 Å². The maximum atomic E-state index is 12.4. The average molecular weight is 351 g/mol. The maximum absolute atomic E-state index is 12.4. The van der Waals surface area contributed by atoms with Crippen molar-refractivity contribution in [2.24, 2.45) is 0 Å². The number of thioether (sulfide) groups is 1. The normalized spacial score (nSPS) is 21.2. The number of hydrogen-bond donors (Lipinski definition) is 1. The number of nitrogens with zero attached hydrogens (tertiary/aromatic N) is 4. The van der Waals surface area contributed by atoms with Crippen LogP contribution in [0, 0.1) is 6.92 Å². The van der Waals surface area contributed by atoms with Gasteiger partial charge in [-0.05, 0) is 26.8 Å². The summed E-state index contributed by atoms with van der Waals surface area (Å²) < 4.78 is 12.3. The Morgan fingerprint density at radius 1 is 1.38 bits per heavy atom. The SMILES string of the molecule is Cc1occc1-c1nnc(SCC(=O)N2CC(C)OC(C)C2)n1N. The first-order chi connectivity index (χ1) is 11.5. The van der Waals surface area contributed by atoms with Crippen molar-refractivity contribution < 1.29 is 13.9 Å². The second kappa shape index (κ2) is 6.86. The molecule has 2 atom stereocenters. The van der Waals surface area contributed by atoms with Crippen LogP contribution >= 0.6 is 11.8 Å². The van der Waals surface area contributed by atoms with Crippen molar-refractivity contribution in [3.05, 3.63) is 18.1 Å². The van der Waals surface area contributed by atoms with Crippen molar-refractivity contribution in [1.29, 1.82) is 0 Å². The predicted octanol–water partition coefficient (Wildman–Crippen LogP) is 1.29. The van der Waals surface area contributed by atoms with Crippen molar-refractivity contribution in [2.45, 2.75) is 38.1 Å². The number of carbonyl (C=O) groups excluding carboxylic acids is 1. The van der Waals surface area contributed by atoms with E-state index in [-0.39, 0.29) is 23.9 Å². The van der Waals surface area contributed by atoms with Crippen molar-refractivity contribution in [3.63, 3.8) is 0 Å². The fourth-order valence-electron chi connectivity index (χ4n) is 2.78. The molecule has 24 heavy (non-hydrogen) atoms. The number of amides is 1. The van der Waals surface area contributed by atoms with Crippen molar-refractivity contribution in [3.8, 4) is 11.4 Å². The molecule has 0 radical (unpaired) electrons. The van der Waals surface area contributed by atoms with Crippen LogP contribution in [0.2, 0.25) is 0 Å². The highest BCUT2D eigenvalue weighted by Gasteiger charge is 2.26. The summed E-state index contributed by atoms with van der Waals surface area (Å²) in [5, 5.41) is 8.66. The summed E-state index contributed by atoms with van der Waals surface area (Å²) >= 11 is 1.28. The zero-order valence-electron chi connectivity index (χ0n) is 13.9. The molecule has 0 aliphatic carbocycles. The molecule has 1 aliphatic rings. The van der Waals surface area contributed by atoms with E-state index in [0.717, 1.165) is 11.3 Å². The van der Waals surface area contributed by atoms with Crippen LogP contribution in [-0.4, -0.2) is 56.7 Å². The number of nitrogen functional groups attached to an aromatic ring is 1. The van der Waals surface area contributed by atoms with Gasteiger partial charge in [0.2, 0.25) is 11.1 Å². The van der Waals surface area contributed by atoms with Crippen LogP contribution < -0.4 is 5.84 Å². The van der Waals surface area contributed by atoms with Gasteiger partial charge in [0.15, 0.2) is 5.82 Å². The van der Waals surface area contributed by atoms with Crippen LogP contribution in [0.15, 0.2) is 21.9 Å². The Labute approximate surface area is 144 Å². The Kier molecular flexibility index (Phi) is 4.81. The van der Waals surface area contributed by atoms with E-state index in [2.05, 4.69) is 10.2 Å². The van der Waals surface area contributed by atoms with E-state index in [4.69, 9.17) is 15.0 Å². The summed E-state index contributed by atoms with van der Waals surface area (Å²) in [6.45, 7) is 7.00. The molecule has 2 aromatic rings. The molecular formula is C15H21N5O3S. The highest BCUT2D eigenvalue weighted by molar-refractivity contribution is 7.99. The Bertz CT molecular complexity index is 719. The number of rotatable bonds is 4. The lowest BCUT2D eigenvalue weighted by Gasteiger charge is -2.35. The minimum absolute atomic E-state index is 0.0473. The van der Waals surface area contributed by atoms with E-state index in [9.17, 15) is 4.79 Å². The molecule has 0 bridgehead atoms. The molecule has 1 fully saturated rings. The van der Waals surface area contributed by atoms with Crippen molar-refractivity contribution in [2.75, 3.05) is 24.7 Å². The fourth-order valence-corrected chi connectivity index (χ4v) is 3.53. The number of aryl methyl sites for hydroxylation is 1. The van der Waals surface area contributed by atoms with Gasteiger partial charge in [-0.1, -0.05) is 11.8 Å². The molecule has 1 saturated heterocycles. The zero-order chi connectivity index (χ0) is 17.3. The highest BCUT2D eigenvalue weighted by Crippen LogP contribution is 2.25. The lowest BCUT2D eigenvalue weighted by Crippen LogP contribution is -2.48. The van der Waals surface area contributed by atoms with Crippen molar-refractivity contribution in [1.82, 2.24) is 19.8 Å². The number of aromatic nitrogens is 3. The molecule has 0 saturated carbocycles. The Balaban J connectivity index is 1.64. The quantitative estimate of drug-likeness (QED) is 0.654. The molecule has 130 valence electrons. The molecule has 9 heteroatoms. The second-order valence-corrected chi connectivity index (χ2v) is 6.85. The van der Waals surface area contributed by atoms with E-state index in [1.807, 2.05) is 25.7 Å². The standard InChI is InChI=1S/C15H21N5O3S/c1-9-6-19(7-10(2)23-9)13(21)8-24-15-18-17-14(20(15)16)12-4-5-22-11(12)3/h4-5,9-10H,6-8,16H2,1-3H3. The third-order valence-corrected chi connectivity index (χ3v) is 4.79. The van der Waals surface area contributed by atoms with E-state index in [1.54, 1.807) is 12.3 Å². The topological polar surface area (TPSA) is 99.4 Å². The van der Waals surface area contributed by atoms with Gasteiger partial charge >= 0.3 is 0 Å². The van der Waals surface area contributed by atoms with E-state index < -0.39 is 0 Å². The number of morpholine rings is 1. The van der Waals surface area contributed by atoms with E-state index >= 15 is 0 Å². The average Bonchev–Trinajstić information content (AvgIpc) is 3.09. The number of carbonyl (C=O) groups is 1. The molecule has 0 aromatic carbocycles. The number of furan rings is 1. The van der Waals surface area contributed by atoms with Gasteiger partial charge < -0.3 is 19.9 Å². The van der Waals surface area contributed by atoms with Gasteiger partial charge in [-0.2, -0.15) is 0 Å². The van der Waals surface area contributed by atoms with Gasteiger partial charge in [-0.25, -0.2) is 4.68 Å². The largest absolute Gasteiger partial charge is 0.469 e. The van der Waals surface area contributed by atoms with Gasteiger partial charge in [0.1, 0.15) is 5.76 Å². The van der Waals surface area contributed by atoms with Crippen molar-refractivity contribution >= 4 is 17.7 Å². The summed E-state index contributed by atoms with van der Waals surface area (Å²) in [7, 11) is 0. The van der Waals surface area contributed by atoms with E-state index in [0.29, 0.717) is 24.1 Å². The molecule has 3 rings (SSSR count). The summed E-state index contributed by atoms with van der Waals surface area (Å²) in [5.41, 5.74) is 0.791. The maximum Gasteiger partial charge on any atom is 0.233 e. The molecule has 3 heterocycles. The third-order valence-electron chi connectivity index (χ3n) is 3.86. The minimum atomic E-state index is 0.0473. The Morgan fingerprint density at radius 3 is 2.71 bits per heavy atom. The van der Waals surface area contributed by atoms with Gasteiger partial charge in [0, 0.05) is 13.1 Å². The second-order valence-electron chi connectivity index (χ2n) is 5.91. The first-order valence-corrected chi connectivity index (χ1v) is 8.75. The molecule has 2 N–H and O–H groups in total. The molecule has 0 spiro atoms. The van der Waals surface area contributed by atoms with Gasteiger partial charge in [0.25, 0.3) is 0 Å². The lowest BCUT2D eigenvalue weighted by atomic mass is 10.2.